The molecule has 168 valence electrons. The molecule has 7 nitrogen and oxygen atoms in total. The highest BCUT2D eigenvalue weighted by Gasteiger charge is 2.35. The van der Waals surface area contributed by atoms with E-state index in [1.807, 2.05) is 45.9 Å². The molecule has 1 fully saturated rings. The summed E-state index contributed by atoms with van der Waals surface area (Å²) >= 11 is 4.90. The van der Waals surface area contributed by atoms with Gasteiger partial charge in [0, 0.05) is 24.2 Å². The second-order valence-electron chi connectivity index (χ2n) is 7.79. The highest BCUT2D eigenvalue weighted by molar-refractivity contribution is 9.10. The fourth-order valence-corrected chi connectivity index (χ4v) is 4.79. The zero-order valence-electron chi connectivity index (χ0n) is 18.2. The van der Waals surface area contributed by atoms with E-state index in [0.717, 1.165) is 15.2 Å². The predicted octanol–water partition coefficient (Wildman–Crippen LogP) is 6.03. The first kappa shape index (κ1) is 24.0. The monoisotopic (exact) mass is 517 g/mol. The van der Waals surface area contributed by atoms with Crippen LogP contribution in [0.5, 0.6) is 5.75 Å². The number of rotatable bonds is 7. The largest absolute Gasteiger partial charge is 0.488 e. The number of carbonyl (C=O) groups excluding carboxylic acids is 1. The van der Waals surface area contributed by atoms with Crippen molar-refractivity contribution in [3.8, 4) is 5.75 Å². The first-order chi connectivity index (χ1) is 15.2. The molecule has 0 bridgehead atoms. The maximum atomic E-state index is 12.9. The average Bonchev–Trinajstić information content (AvgIpc) is 3.01. The maximum absolute atomic E-state index is 12.9. The first-order valence-electron chi connectivity index (χ1n) is 10.1. The van der Waals surface area contributed by atoms with Crippen molar-refractivity contribution < 1.29 is 14.5 Å². The summed E-state index contributed by atoms with van der Waals surface area (Å²) in [5, 5.41) is 11.7. The maximum Gasteiger partial charge on any atom is 0.269 e. The van der Waals surface area contributed by atoms with Crippen molar-refractivity contribution in [3.05, 3.63) is 73.1 Å². The average molecular weight is 518 g/mol. The van der Waals surface area contributed by atoms with Gasteiger partial charge in [-0.1, -0.05) is 18.2 Å². The molecular weight excluding hydrogens is 494 g/mol. The molecule has 2 aromatic rings. The van der Waals surface area contributed by atoms with Crippen molar-refractivity contribution in [1.82, 2.24) is 4.90 Å². The van der Waals surface area contributed by atoms with Crippen molar-refractivity contribution >= 4 is 50.5 Å². The topological polar surface area (TPSA) is 85.0 Å². The van der Waals surface area contributed by atoms with Crippen LogP contribution in [-0.4, -0.2) is 33.0 Å². The molecule has 9 heteroatoms. The second kappa shape index (κ2) is 10.3. The Hall–Kier alpha value is -2.65. The van der Waals surface area contributed by atoms with Gasteiger partial charge in [-0.15, -0.1) is 0 Å². The van der Waals surface area contributed by atoms with Crippen LogP contribution in [0.1, 0.15) is 38.8 Å². The fourth-order valence-electron chi connectivity index (χ4n) is 3.05. The normalized spacial score (nSPS) is 16.6. The molecule has 1 aliphatic rings. The van der Waals surface area contributed by atoms with Crippen LogP contribution >= 0.6 is 27.7 Å². The molecule has 1 aliphatic heterocycles. The zero-order valence-corrected chi connectivity index (χ0v) is 20.6. The molecule has 32 heavy (non-hydrogen) atoms. The van der Waals surface area contributed by atoms with Crippen LogP contribution < -0.4 is 4.74 Å². The Balaban J connectivity index is 1.76. The van der Waals surface area contributed by atoms with Crippen LogP contribution in [0.3, 0.4) is 0 Å². The molecule has 0 saturated carbocycles. The molecular formula is C23H24BrN3O4S. The van der Waals surface area contributed by atoms with Crippen LogP contribution in [0.15, 0.2) is 56.8 Å². The van der Waals surface area contributed by atoms with Crippen molar-refractivity contribution in [2.75, 3.05) is 0 Å². The highest BCUT2D eigenvalue weighted by atomic mass is 79.9. The lowest BCUT2D eigenvalue weighted by Gasteiger charge is -2.20. The number of hydrogen-bond acceptors (Lipinski definition) is 6. The van der Waals surface area contributed by atoms with E-state index in [1.165, 1.54) is 23.9 Å². The minimum absolute atomic E-state index is 0.0229. The number of carbonyl (C=O) groups is 1. The van der Waals surface area contributed by atoms with Gasteiger partial charge in [-0.2, -0.15) is 0 Å². The molecule has 0 radical (unpaired) electrons. The molecule has 3 rings (SSSR count). The van der Waals surface area contributed by atoms with Crippen LogP contribution in [0, 0.1) is 10.1 Å². The van der Waals surface area contributed by atoms with Gasteiger partial charge in [-0.3, -0.25) is 24.8 Å². The molecule has 0 spiro atoms. The molecule has 1 saturated heterocycles. The molecule has 0 N–H and O–H groups in total. The van der Waals surface area contributed by atoms with E-state index in [9.17, 15) is 14.9 Å². The number of ether oxygens (including phenoxy) is 1. The van der Waals surface area contributed by atoms with E-state index < -0.39 is 4.92 Å². The number of amides is 1. The predicted molar refractivity (Wildman–Crippen MR) is 132 cm³/mol. The molecule has 1 heterocycles. The quantitative estimate of drug-likeness (QED) is 0.254. The fraction of sp³-hybridized carbons (Fsp3) is 0.304. The Morgan fingerprint density at radius 1 is 1.22 bits per heavy atom. The van der Waals surface area contributed by atoms with Gasteiger partial charge in [0.25, 0.3) is 11.6 Å². The Kier molecular flexibility index (Phi) is 7.73. The summed E-state index contributed by atoms with van der Waals surface area (Å²) in [7, 11) is 0. The van der Waals surface area contributed by atoms with Crippen molar-refractivity contribution in [1.29, 1.82) is 0 Å². The summed E-state index contributed by atoms with van der Waals surface area (Å²) in [5.74, 6) is 0.557. The van der Waals surface area contributed by atoms with E-state index in [1.54, 1.807) is 23.1 Å². The summed E-state index contributed by atoms with van der Waals surface area (Å²) in [6.07, 6.45) is 1.85. The van der Waals surface area contributed by atoms with E-state index in [4.69, 9.17) is 4.74 Å². The van der Waals surface area contributed by atoms with Gasteiger partial charge in [-0.25, -0.2) is 0 Å². The molecule has 2 aromatic carbocycles. The summed E-state index contributed by atoms with van der Waals surface area (Å²) in [6.45, 7) is 8.12. The second-order valence-corrected chi connectivity index (χ2v) is 9.65. The zero-order chi connectivity index (χ0) is 23.4. The minimum atomic E-state index is -0.429. The first-order valence-corrected chi connectivity index (χ1v) is 11.7. The van der Waals surface area contributed by atoms with E-state index in [2.05, 4.69) is 20.9 Å². The summed E-state index contributed by atoms with van der Waals surface area (Å²) < 4.78 is 6.55. The van der Waals surface area contributed by atoms with Crippen LogP contribution in [-0.2, 0) is 11.4 Å². The van der Waals surface area contributed by atoms with Crippen molar-refractivity contribution in [2.45, 2.75) is 46.4 Å². The number of non-ortho nitro benzene ring substituents is 1. The standard InChI is InChI=1S/C23H24BrN3O4S/c1-14(2)25-23-26(15(3)4)22(28)21(32-23)12-16-8-9-20(19(24)11-16)31-13-17-6-5-7-18(10-17)27(29)30/h5-12,14-15H,13H2,1-4H3/b21-12+,25-23?. The third kappa shape index (κ3) is 5.77. The van der Waals surface area contributed by atoms with Gasteiger partial charge >= 0.3 is 0 Å². The number of benzene rings is 2. The third-order valence-corrected chi connectivity index (χ3v) is 6.11. The van der Waals surface area contributed by atoms with Crippen LogP contribution in [0.4, 0.5) is 5.69 Å². The van der Waals surface area contributed by atoms with Gasteiger partial charge in [-0.05, 0) is 84.7 Å². The number of nitro benzene ring substituents is 1. The molecule has 0 atom stereocenters. The summed E-state index contributed by atoms with van der Waals surface area (Å²) in [5.41, 5.74) is 1.59. The third-order valence-electron chi connectivity index (χ3n) is 4.49. The summed E-state index contributed by atoms with van der Waals surface area (Å²) in [6, 6.07) is 12.0. The minimum Gasteiger partial charge on any atom is -0.488 e. The highest BCUT2D eigenvalue weighted by Crippen LogP contribution is 2.35. The smallest absolute Gasteiger partial charge is 0.269 e. The number of halogens is 1. The molecule has 0 unspecified atom stereocenters. The lowest BCUT2D eigenvalue weighted by Crippen LogP contribution is -2.35. The summed E-state index contributed by atoms with van der Waals surface area (Å²) in [4.78, 5) is 30.3. The molecule has 0 aliphatic carbocycles. The molecule has 0 aromatic heterocycles. The lowest BCUT2D eigenvalue weighted by molar-refractivity contribution is -0.384. The van der Waals surface area contributed by atoms with Crippen LogP contribution in [0.2, 0.25) is 0 Å². The van der Waals surface area contributed by atoms with Gasteiger partial charge in [0.05, 0.1) is 14.3 Å². The Morgan fingerprint density at radius 3 is 2.59 bits per heavy atom. The number of hydrogen-bond donors (Lipinski definition) is 0. The van der Waals surface area contributed by atoms with Gasteiger partial charge in [0.2, 0.25) is 0 Å². The number of nitro groups is 1. The van der Waals surface area contributed by atoms with Crippen LogP contribution in [0.25, 0.3) is 6.08 Å². The van der Waals surface area contributed by atoms with Crippen molar-refractivity contribution in [3.63, 3.8) is 0 Å². The number of amidine groups is 1. The Morgan fingerprint density at radius 2 is 1.97 bits per heavy atom. The number of aliphatic imine (C=N–C) groups is 1. The van der Waals surface area contributed by atoms with Gasteiger partial charge in [0.1, 0.15) is 12.4 Å². The van der Waals surface area contributed by atoms with Gasteiger partial charge < -0.3 is 4.74 Å². The van der Waals surface area contributed by atoms with Gasteiger partial charge in [0.15, 0.2) is 5.17 Å². The Labute approximate surface area is 199 Å². The Bertz CT molecular complexity index is 1100. The van der Waals surface area contributed by atoms with E-state index in [0.29, 0.717) is 16.2 Å². The van der Waals surface area contributed by atoms with E-state index >= 15 is 0 Å². The number of thioether (sulfide) groups is 1. The SMILES string of the molecule is CC(C)N=C1S/C(=C/c2ccc(OCc3cccc([N+](=O)[O-])c3)c(Br)c2)C(=O)N1C(C)C. The van der Waals surface area contributed by atoms with E-state index in [-0.39, 0.29) is 30.3 Å². The number of nitrogens with zero attached hydrogens (tertiary/aromatic N) is 3. The molecule has 1 amide bonds. The lowest BCUT2D eigenvalue weighted by atomic mass is 10.2. The van der Waals surface area contributed by atoms with Crippen molar-refractivity contribution in [2.24, 2.45) is 4.99 Å².